The molecule has 0 radical (unpaired) electrons. The van der Waals surface area contributed by atoms with Crippen LogP contribution in [0.4, 0.5) is 11.4 Å². The second kappa shape index (κ2) is 18.4. The van der Waals surface area contributed by atoms with Crippen LogP contribution in [0, 0.1) is 0 Å². The number of rotatable bonds is 15. The van der Waals surface area contributed by atoms with Gasteiger partial charge in [0.2, 0.25) is 11.8 Å². The lowest BCUT2D eigenvalue weighted by Gasteiger charge is -2.10. The molecule has 0 saturated carbocycles. The maximum atomic E-state index is 13.4. The van der Waals surface area contributed by atoms with Crippen molar-refractivity contribution in [1.29, 1.82) is 0 Å². The van der Waals surface area contributed by atoms with Crippen LogP contribution in [0.3, 0.4) is 0 Å². The molecule has 0 unspecified atom stereocenters. The van der Waals surface area contributed by atoms with Gasteiger partial charge in [-0.25, -0.2) is 0 Å². The van der Waals surface area contributed by atoms with Gasteiger partial charge < -0.3 is 38.6 Å². The van der Waals surface area contributed by atoms with E-state index >= 15 is 0 Å². The number of hydrogen-bond donors (Lipinski definition) is 2. The van der Waals surface area contributed by atoms with E-state index in [-0.39, 0.29) is 24.7 Å². The van der Waals surface area contributed by atoms with Crippen molar-refractivity contribution in [2.24, 2.45) is 0 Å². The van der Waals surface area contributed by atoms with Gasteiger partial charge in [-0.3, -0.25) is 9.59 Å². The molecule has 0 spiro atoms. The highest BCUT2D eigenvalue weighted by atomic mass is 16.5. The molecular weight excluding hydrogens is 785 g/mol. The number of benzene rings is 6. The Bertz CT molecular complexity index is 2580. The van der Waals surface area contributed by atoms with E-state index in [0.29, 0.717) is 45.8 Å². The Morgan fingerprint density at radius 2 is 0.677 bits per heavy atom. The largest absolute Gasteiger partial charge is 0.497 e. The van der Waals surface area contributed by atoms with Crippen LogP contribution in [-0.4, -0.2) is 50.6 Å². The monoisotopic (exact) mass is 826 g/mol. The van der Waals surface area contributed by atoms with E-state index < -0.39 is 0 Å². The van der Waals surface area contributed by atoms with Gasteiger partial charge >= 0.3 is 0 Å². The lowest BCUT2D eigenvalue weighted by molar-refractivity contribution is -0.116. The summed E-state index contributed by atoms with van der Waals surface area (Å²) >= 11 is 0. The number of carbonyl (C=O) groups is 2. The summed E-state index contributed by atoms with van der Waals surface area (Å²) in [6.07, 6.45) is -0.0783. The molecule has 2 aromatic heterocycles. The molecule has 0 aliphatic carbocycles. The smallest absolute Gasteiger partial charge is 0.232 e. The van der Waals surface area contributed by atoms with Crippen molar-refractivity contribution < 1.29 is 37.6 Å². The van der Waals surface area contributed by atoms with Crippen LogP contribution < -0.4 is 29.6 Å². The van der Waals surface area contributed by atoms with Gasteiger partial charge in [-0.15, -0.1) is 0 Å². The average Bonchev–Trinajstić information content (AvgIpc) is 3.93. The third-order valence-electron chi connectivity index (χ3n) is 10.3. The standard InChI is InChI=1S/C50H42N4O8/c1-57-39-21-9-33(10-22-39)47-43(61-53-49(47)35-13-25-41(59-3)26-14-35)29-45(55)51-37-17-5-31(6-18-37)32-7-19-38(20-8-32)52-46(56)30-44-48(34-11-23-40(58-2)24-12-34)50(54-62-44)36-15-27-42(60-4)28-16-36/h5-28H,29-30H2,1-4H3,(H,51,55)(H,52,56). The first-order valence-corrected chi connectivity index (χ1v) is 19.7. The van der Waals surface area contributed by atoms with Crippen molar-refractivity contribution in [2.75, 3.05) is 39.1 Å². The lowest BCUT2D eigenvalue weighted by atomic mass is 9.97. The number of aromatic nitrogens is 2. The summed E-state index contributed by atoms with van der Waals surface area (Å²) in [5, 5.41) is 14.7. The van der Waals surface area contributed by atoms with Crippen LogP contribution >= 0.6 is 0 Å². The fourth-order valence-electron chi connectivity index (χ4n) is 7.09. The fourth-order valence-corrected chi connectivity index (χ4v) is 7.09. The van der Waals surface area contributed by atoms with Crippen LogP contribution in [0.25, 0.3) is 55.9 Å². The first-order valence-electron chi connectivity index (χ1n) is 19.7. The highest BCUT2D eigenvalue weighted by molar-refractivity contribution is 5.96. The molecule has 2 heterocycles. The second-order valence-corrected chi connectivity index (χ2v) is 14.2. The van der Waals surface area contributed by atoms with E-state index in [1.165, 1.54) is 0 Å². The molecule has 62 heavy (non-hydrogen) atoms. The van der Waals surface area contributed by atoms with E-state index in [1.807, 2.05) is 146 Å². The Balaban J connectivity index is 0.925. The molecule has 0 bridgehead atoms. The van der Waals surface area contributed by atoms with Crippen molar-refractivity contribution in [2.45, 2.75) is 12.8 Å². The molecular formula is C50H42N4O8. The van der Waals surface area contributed by atoms with E-state index in [1.54, 1.807) is 28.4 Å². The maximum absolute atomic E-state index is 13.4. The minimum absolute atomic E-state index is 0.0392. The zero-order valence-electron chi connectivity index (χ0n) is 34.4. The summed E-state index contributed by atoms with van der Waals surface area (Å²) in [6.45, 7) is 0. The second-order valence-electron chi connectivity index (χ2n) is 14.2. The zero-order valence-corrected chi connectivity index (χ0v) is 34.4. The Labute approximate surface area is 358 Å². The van der Waals surface area contributed by atoms with Gasteiger partial charge in [0.1, 0.15) is 34.4 Å². The first-order chi connectivity index (χ1) is 30.3. The Hall–Kier alpha value is -8.12. The lowest BCUT2D eigenvalue weighted by Crippen LogP contribution is -2.14. The maximum Gasteiger partial charge on any atom is 0.232 e. The van der Waals surface area contributed by atoms with Gasteiger partial charge in [0.05, 0.1) is 52.4 Å². The number of nitrogens with zero attached hydrogens (tertiary/aromatic N) is 2. The number of hydrogen-bond acceptors (Lipinski definition) is 10. The molecule has 0 saturated heterocycles. The molecule has 0 aliphatic heterocycles. The number of anilines is 2. The SMILES string of the molecule is COc1ccc(-c2noc(CC(=O)Nc3ccc(-c4ccc(NC(=O)Cc5onc(-c6ccc(OC)cc6)c5-c5ccc(OC)cc5)cc4)cc3)c2-c2ccc(OC)cc2)cc1. The van der Waals surface area contributed by atoms with Gasteiger partial charge in [0, 0.05) is 22.5 Å². The molecule has 12 nitrogen and oxygen atoms in total. The molecule has 8 aromatic rings. The molecule has 2 N–H and O–H groups in total. The average molecular weight is 827 g/mol. The minimum Gasteiger partial charge on any atom is -0.497 e. The van der Waals surface area contributed by atoms with Crippen molar-refractivity contribution in [3.05, 3.63) is 157 Å². The highest BCUT2D eigenvalue weighted by Crippen LogP contribution is 2.38. The molecule has 0 atom stereocenters. The van der Waals surface area contributed by atoms with Crippen LogP contribution in [0.5, 0.6) is 23.0 Å². The van der Waals surface area contributed by atoms with E-state index in [2.05, 4.69) is 20.9 Å². The molecule has 6 aromatic carbocycles. The highest BCUT2D eigenvalue weighted by Gasteiger charge is 2.24. The van der Waals surface area contributed by atoms with Crippen molar-refractivity contribution in [3.63, 3.8) is 0 Å². The van der Waals surface area contributed by atoms with Crippen LogP contribution in [0.1, 0.15) is 11.5 Å². The normalized spacial score (nSPS) is 10.8. The molecule has 2 amide bonds. The molecule has 8 rings (SSSR count). The fraction of sp³-hybridized carbons (Fsp3) is 0.120. The zero-order chi connectivity index (χ0) is 43.0. The molecule has 0 aliphatic rings. The van der Waals surface area contributed by atoms with E-state index in [9.17, 15) is 9.59 Å². The summed E-state index contributed by atoms with van der Waals surface area (Å²) in [4.78, 5) is 26.8. The minimum atomic E-state index is -0.261. The Morgan fingerprint density at radius 3 is 0.968 bits per heavy atom. The topological polar surface area (TPSA) is 147 Å². The molecule has 310 valence electrons. The number of nitrogens with one attached hydrogen (secondary N) is 2. The molecule has 0 fully saturated rings. The predicted molar refractivity (Wildman–Crippen MR) is 238 cm³/mol. The summed E-state index contributed by atoms with van der Waals surface area (Å²) in [5.74, 6) is 3.19. The summed E-state index contributed by atoms with van der Waals surface area (Å²) in [7, 11) is 6.45. The Morgan fingerprint density at radius 1 is 0.403 bits per heavy atom. The van der Waals surface area contributed by atoms with Crippen molar-refractivity contribution >= 4 is 23.2 Å². The molecule has 12 heteroatoms. The van der Waals surface area contributed by atoms with E-state index in [0.717, 1.165) is 56.0 Å². The van der Waals surface area contributed by atoms with Gasteiger partial charge in [-0.1, -0.05) is 58.8 Å². The summed E-state index contributed by atoms with van der Waals surface area (Å²) in [5.41, 5.74) is 9.10. The third-order valence-corrected chi connectivity index (χ3v) is 10.3. The van der Waals surface area contributed by atoms with Crippen molar-refractivity contribution in [3.8, 4) is 78.9 Å². The van der Waals surface area contributed by atoms with Crippen LogP contribution in [-0.2, 0) is 22.4 Å². The van der Waals surface area contributed by atoms with Crippen molar-refractivity contribution in [1.82, 2.24) is 10.3 Å². The summed E-state index contributed by atoms with van der Waals surface area (Å²) < 4.78 is 33.0. The van der Waals surface area contributed by atoms with Gasteiger partial charge in [0.25, 0.3) is 0 Å². The number of carbonyl (C=O) groups excluding carboxylic acids is 2. The van der Waals surface area contributed by atoms with Crippen LogP contribution in [0.2, 0.25) is 0 Å². The quantitative estimate of drug-likeness (QED) is 0.102. The van der Waals surface area contributed by atoms with Gasteiger partial charge in [-0.2, -0.15) is 0 Å². The number of ether oxygens (including phenoxy) is 4. The third kappa shape index (κ3) is 9.04. The Kier molecular flexibility index (Phi) is 12.1. The van der Waals surface area contributed by atoms with Crippen LogP contribution in [0.15, 0.2) is 155 Å². The first kappa shape index (κ1) is 40.7. The number of methoxy groups -OCH3 is 4. The number of amides is 2. The van der Waals surface area contributed by atoms with Gasteiger partial charge in [-0.05, 0) is 119 Å². The predicted octanol–water partition coefficient (Wildman–Crippen LogP) is 10.4. The van der Waals surface area contributed by atoms with Gasteiger partial charge in [0.15, 0.2) is 11.5 Å². The van der Waals surface area contributed by atoms with E-state index in [4.69, 9.17) is 28.0 Å². The summed E-state index contributed by atoms with van der Waals surface area (Å²) in [6, 6.07) is 45.2.